The molecule has 0 aromatic heterocycles. The molecule has 1 aromatic rings. The van der Waals surface area contributed by atoms with Crippen LogP contribution in [0.5, 0.6) is 0 Å². The van der Waals surface area contributed by atoms with Crippen molar-refractivity contribution >= 4 is 17.3 Å². The van der Waals surface area contributed by atoms with Gasteiger partial charge in [0.1, 0.15) is 0 Å². The van der Waals surface area contributed by atoms with Gasteiger partial charge in [0.15, 0.2) is 0 Å². The maximum atomic E-state index is 6.01. The quantitative estimate of drug-likeness (QED) is 0.802. The first-order valence-electron chi connectivity index (χ1n) is 8.09. The van der Waals surface area contributed by atoms with Gasteiger partial charge in [0.05, 0.1) is 11.8 Å². The van der Waals surface area contributed by atoms with Crippen LogP contribution in [0.15, 0.2) is 41.0 Å². The first-order chi connectivity index (χ1) is 10.3. The van der Waals surface area contributed by atoms with Crippen molar-refractivity contribution in [2.24, 2.45) is 4.99 Å². The molecule has 112 valence electrons. The highest BCUT2D eigenvalue weighted by molar-refractivity contribution is 6.30. The average Bonchev–Trinajstić information content (AvgIpc) is 3.01. The molecule has 0 unspecified atom stereocenters. The van der Waals surface area contributed by atoms with Gasteiger partial charge in [-0.3, -0.25) is 4.99 Å². The van der Waals surface area contributed by atoms with Crippen LogP contribution in [0.4, 0.5) is 0 Å². The zero-order valence-electron chi connectivity index (χ0n) is 12.4. The lowest BCUT2D eigenvalue weighted by Crippen LogP contribution is -2.14. The van der Waals surface area contributed by atoms with Gasteiger partial charge >= 0.3 is 0 Å². The first kappa shape index (κ1) is 14.6. The number of nitrogens with one attached hydrogen (secondary N) is 1. The molecule has 1 saturated heterocycles. The van der Waals surface area contributed by atoms with Crippen molar-refractivity contribution in [3.8, 4) is 0 Å². The Labute approximate surface area is 132 Å². The van der Waals surface area contributed by atoms with Crippen LogP contribution in [0.1, 0.15) is 50.5 Å². The number of hydrogen-bond donors (Lipinski definition) is 1. The van der Waals surface area contributed by atoms with Gasteiger partial charge in [-0.2, -0.15) is 0 Å². The van der Waals surface area contributed by atoms with Crippen LogP contribution in [0.3, 0.4) is 0 Å². The summed E-state index contributed by atoms with van der Waals surface area (Å²) in [4.78, 5) is 5.06. The summed E-state index contributed by atoms with van der Waals surface area (Å²) >= 11 is 6.01. The van der Waals surface area contributed by atoms with Gasteiger partial charge in [-0.1, -0.05) is 43.0 Å². The Morgan fingerprint density at radius 2 is 1.86 bits per heavy atom. The zero-order chi connectivity index (χ0) is 14.5. The molecular formula is C18H23ClN2. The number of rotatable bonds is 3. The summed E-state index contributed by atoms with van der Waals surface area (Å²) in [6.45, 7) is 1.09. The largest absolute Gasteiger partial charge is 0.388 e. The average molecular weight is 303 g/mol. The monoisotopic (exact) mass is 302 g/mol. The molecule has 21 heavy (non-hydrogen) atoms. The van der Waals surface area contributed by atoms with Crippen molar-refractivity contribution in [3.05, 3.63) is 46.6 Å². The lowest BCUT2D eigenvalue weighted by Gasteiger charge is -2.19. The topological polar surface area (TPSA) is 24.4 Å². The molecule has 1 saturated carbocycles. The van der Waals surface area contributed by atoms with Crippen molar-refractivity contribution in [3.63, 3.8) is 0 Å². The minimum atomic E-state index is 0.489. The third kappa shape index (κ3) is 4.10. The molecule has 0 atom stereocenters. The Kier molecular flexibility index (Phi) is 4.97. The van der Waals surface area contributed by atoms with Gasteiger partial charge in [0, 0.05) is 17.3 Å². The van der Waals surface area contributed by atoms with E-state index < -0.39 is 0 Å². The highest BCUT2D eigenvalue weighted by Gasteiger charge is 2.14. The van der Waals surface area contributed by atoms with E-state index in [1.807, 2.05) is 12.1 Å². The number of nitrogens with zero attached hydrogens (tertiary/aromatic N) is 1. The third-order valence-electron chi connectivity index (χ3n) is 4.32. The van der Waals surface area contributed by atoms with Gasteiger partial charge in [-0.05, 0) is 49.5 Å². The number of allylic oxidation sites excluding steroid dienone is 2. The van der Waals surface area contributed by atoms with Gasteiger partial charge < -0.3 is 5.32 Å². The zero-order valence-corrected chi connectivity index (χ0v) is 13.2. The van der Waals surface area contributed by atoms with Crippen molar-refractivity contribution in [1.29, 1.82) is 0 Å². The van der Waals surface area contributed by atoms with E-state index in [-0.39, 0.29) is 0 Å². The van der Waals surface area contributed by atoms with E-state index in [9.17, 15) is 0 Å². The molecule has 2 nitrogen and oxygen atoms in total. The van der Waals surface area contributed by atoms with Crippen LogP contribution < -0.4 is 5.32 Å². The van der Waals surface area contributed by atoms with Gasteiger partial charge in [0.25, 0.3) is 0 Å². The molecule has 0 spiro atoms. The summed E-state index contributed by atoms with van der Waals surface area (Å²) in [6.07, 6.45) is 11.1. The molecular weight excluding hydrogens is 280 g/mol. The predicted octanol–water partition coefficient (Wildman–Crippen LogP) is 4.73. The summed E-state index contributed by atoms with van der Waals surface area (Å²) < 4.78 is 0. The molecule has 0 radical (unpaired) electrons. The third-order valence-corrected chi connectivity index (χ3v) is 4.57. The van der Waals surface area contributed by atoms with Crippen molar-refractivity contribution < 1.29 is 0 Å². The lowest BCUT2D eigenvalue weighted by atomic mass is 9.95. The normalized spacial score (nSPS) is 22.5. The highest BCUT2D eigenvalue weighted by atomic mass is 35.5. The van der Waals surface area contributed by atoms with Crippen LogP contribution in [-0.4, -0.2) is 18.3 Å². The Bertz CT molecular complexity index is 517. The number of aliphatic imine (C=N–C) groups is 1. The second kappa shape index (κ2) is 7.13. The highest BCUT2D eigenvalue weighted by Crippen LogP contribution is 2.22. The summed E-state index contributed by atoms with van der Waals surface area (Å²) in [7, 11) is 0. The maximum Gasteiger partial charge on any atom is 0.0667 e. The van der Waals surface area contributed by atoms with E-state index in [2.05, 4.69) is 23.5 Å². The number of benzene rings is 1. The molecule has 1 aromatic carbocycles. The Hall–Kier alpha value is -1.28. The van der Waals surface area contributed by atoms with E-state index in [0.29, 0.717) is 6.04 Å². The molecule has 2 aliphatic rings. The minimum Gasteiger partial charge on any atom is -0.388 e. The van der Waals surface area contributed by atoms with Gasteiger partial charge in [-0.15, -0.1) is 0 Å². The molecule has 3 heteroatoms. The summed E-state index contributed by atoms with van der Waals surface area (Å²) in [5.41, 5.74) is 3.61. The van der Waals surface area contributed by atoms with Crippen molar-refractivity contribution in [2.75, 3.05) is 6.54 Å². The molecule has 1 N–H and O–H groups in total. The minimum absolute atomic E-state index is 0.489. The summed E-state index contributed by atoms with van der Waals surface area (Å²) in [6, 6.07) is 8.55. The summed E-state index contributed by atoms with van der Waals surface area (Å²) in [5.74, 6) is 0. The number of halogens is 1. The SMILES string of the molecule is Clc1ccc(C(C=C2CCCN2)=NC2CCCCC2)cc1. The molecule has 2 fully saturated rings. The summed E-state index contributed by atoms with van der Waals surface area (Å²) in [5, 5.41) is 4.24. The lowest BCUT2D eigenvalue weighted by molar-refractivity contribution is 0.444. The van der Waals surface area contributed by atoms with Crippen molar-refractivity contribution in [1.82, 2.24) is 5.32 Å². The van der Waals surface area contributed by atoms with Crippen LogP contribution in [0.2, 0.25) is 5.02 Å². The first-order valence-corrected chi connectivity index (χ1v) is 8.47. The van der Waals surface area contributed by atoms with Crippen LogP contribution in [0.25, 0.3) is 0 Å². The van der Waals surface area contributed by atoms with Crippen molar-refractivity contribution in [2.45, 2.75) is 51.0 Å². The molecule has 3 rings (SSSR count). The smallest absolute Gasteiger partial charge is 0.0667 e. The molecule has 1 heterocycles. The van der Waals surface area contributed by atoms with E-state index in [1.54, 1.807) is 0 Å². The maximum absolute atomic E-state index is 6.01. The Morgan fingerprint density at radius 3 is 2.52 bits per heavy atom. The van der Waals surface area contributed by atoms with E-state index in [4.69, 9.17) is 16.6 Å². The van der Waals surface area contributed by atoms with Gasteiger partial charge in [-0.25, -0.2) is 0 Å². The second-order valence-electron chi connectivity index (χ2n) is 6.01. The van der Waals surface area contributed by atoms with E-state index in [0.717, 1.165) is 23.7 Å². The standard InChI is InChI=1S/C18H23ClN2/c19-15-10-8-14(9-11-15)18(13-17-7-4-12-20-17)21-16-5-2-1-3-6-16/h8-11,13,16,20H,1-7,12H2. The molecule has 0 amide bonds. The Balaban J connectivity index is 1.87. The van der Waals surface area contributed by atoms with Crippen LogP contribution in [-0.2, 0) is 0 Å². The fourth-order valence-corrected chi connectivity index (χ4v) is 3.25. The number of hydrogen-bond acceptors (Lipinski definition) is 2. The molecule has 1 aliphatic heterocycles. The van der Waals surface area contributed by atoms with Crippen LogP contribution in [0, 0.1) is 0 Å². The second-order valence-corrected chi connectivity index (χ2v) is 6.45. The fraction of sp³-hybridized carbons (Fsp3) is 0.500. The van der Waals surface area contributed by atoms with E-state index in [1.165, 1.54) is 49.8 Å². The van der Waals surface area contributed by atoms with Crippen LogP contribution >= 0.6 is 11.6 Å². The predicted molar refractivity (Wildman–Crippen MR) is 90.2 cm³/mol. The van der Waals surface area contributed by atoms with E-state index >= 15 is 0 Å². The molecule has 1 aliphatic carbocycles. The molecule has 0 bridgehead atoms. The Morgan fingerprint density at radius 1 is 1.10 bits per heavy atom. The van der Waals surface area contributed by atoms with Gasteiger partial charge in [0.2, 0.25) is 0 Å². The fourth-order valence-electron chi connectivity index (χ4n) is 3.13.